The van der Waals surface area contributed by atoms with E-state index < -0.39 is 5.91 Å². The van der Waals surface area contributed by atoms with Gasteiger partial charge in [0.25, 0.3) is 5.91 Å². The minimum absolute atomic E-state index is 0.399. The van der Waals surface area contributed by atoms with Gasteiger partial charge in [0.05, 0.1) is 28.8 Å². The fourth-order valence-corrected chi connectivity index (χ4v) is 3.37. The summed E-state index contributed by atoms with van der Waals surface area (Å²) in [6.45, 7) is 1.95. The Morgan fingerprint density at radius 3 is 2.77 bits per heavy atom. The molecule has 0 radical (unpaired) electrons. The molecule has 7 nitrogen and oxygen atoms in total. The Kier molecular flexibility index (Phi) is 4.12. The Bertz CT molecular complexity index is 989. The average molecular weight is 349 g/mol. The lowest BCUT2D eigenvalue weighted by Gasteiger charge is -2.18. The molecule has 0 atom stereocenters. The highest BCUT2D eigenvalue weighted by Gasteiger charge is 2.18. The van der Waals surface area contributed by atoms with Gasteiger partial charge in [-0.3, -0.25) is 14.6 Å². The summed E-state index contributed by atoms with van der Waals surface area (Å²) in [5.74, 6) is -0.486. The number of imidazole rings is 1. The first kappa shape index (κ1) is 16.3. The van der Waals surface area contributed by atoms with Crippen molar-refractivity contribution in [1.82, 2.24) is 14.4 Å². The Labute approximate surface area is 150 Å². The van der Waals surface area contributed by atoms with Crippen LogP contribution in [0.2, 0.25) is 0 Å². The Morgan fingerprint density at radius 2 is 2.04 bits per heavy atom. The number of hydrogen-bond acceptors (Lipinski definition) is 5. The van der Waals surface area contributed by atoms with Crippen LogP contribution in [0, 0.1) is 0 Å². The van der Waals surface area contributed by atoms with Crippen LogP contribution in [-0.2, 0) is 6.42 Å². The van der Waals surface area contributed by atoms with Crippen LogP contribution in [0.1, 0.15) is 44.9 Å². The summed E-state index contributed by atoms with van der Waals surface area (Å²) >= 11 is 0. The number of fused-ring (bicyclic) bond motifs is 1. The van der Waals surface area contributed by atoms with E-state index >= 15 is 0 Å². The molecule has 1 saturated heterocycles. The fraction of sp³-hybridized carbons (Fsp3) is 0.263. The van der Waals surface area contributed by atoms with Gasteiger partial charge in [0, 0.05) is 37.5 Å². The number of aldehydes is 1. The van der Waals surface area contributed by atoms with E-state index in [0.29, 0.717) is 23.2 Å². The number of nitrogens with two attached hydrogens (primary N) is 1. The minimum atomic E-state index is -0.486. The topological polar surface area (TPSA) is 93.6 Å². The highest BCUT2D eigenvalue weighted by atomic mass is 16.1. The summed E-state index contributed by atoms with van der Waals surface area (Å²) in [5.41, 5.74) is 9.64. The van der Waals surface area contributed by atoms with Crippen molar-refractivity contribution < 1.29 is 9.59 Å². The third kappa shape index (κ3) is 3.03. The van der Waals surface area contributed by atoms with Gasteiger partial charge < -0.3 is 15.0 Å². The standard InChI is InChI=1S/C19H19N5O2/c20-19(26)16-8-15(23-5-1-2-6-23)9-21-17(16)7-14-11-24-10-13(12-25)3-4-18(24)22-14/h3-4,8-12H,1-2,5-7H2,(H2,20,26). The smallest absolute Gasteiger partial charge is 0.250 e. The zero-order valence-electron chi connectivity index (χ0n) is 14.3. The summed E-state index contributed by atoms with van der Waals surface area (Å²) in [6.07, 6.45) is 8.85. The molecule has 0 saturated carbocycles. The molecule has 0 unspecified atom stereocenters. The lowest BCUT2D eigenvalue weighted by molar-refractivity contribution is 0.0998. The van der Waals surface area contributed by atoms with Gasteiger partial charge in [-0.25, -0.2) is 4.98 Å². The Hall–Kier alpha value is -3.22. The monoisotopic (exact) mass is 349 g/mol. The van der Waals surface area contributed by atoms with Crippen LogP contribution in [0.5, 0.6) is 0 Å². The maximum absolute atomic E-state index is 11.9. The molecule has 26 heavy (non-hydrogen) atoms. The van der Waals surface area contributed by atoms with E-state index in [1.807, 2.05) is 12.3 Å². The van der Waals surface area contributed by atoms with Crippen LogP contribution >= 0.6 is 0 Å². The molecule has 4 heterocycles. The lowest BCUT2D eigenvalue weighted by Crippen LogP contribution is -2.21. The van der Waals surface area contributed by atoms with Crippen LogP contribution in [0.15, 0.2) is 36.8 Å². The quantitative estimate of drug-likeness (QED) is 0.709. The summed E-state index contributed by atoms with van der Waals surface area (Å²) in [5, 5.41) is 0. The molecule has 1 fully saturated rings. The van der Waals surface area contributed by atoms with Crippen molar-refractivity contribution in [3.63, 3.8) is 0 Å². The molecule has 0 aliphatic carbocycles. The zero-order chi connectivity index (χ0) is 18.1. The van der Waals surface area contributed by atoms with Crippen LogP contribution < -0.4 is 10.6 Å². The van der Waals surface area contributed by atoms with Crippen molar-refractivity contribution in [3.8, 4) is 0 Å². The van der Waals surface area contributed by atoms with E-state index in [4.69, 9.17) is 5.73 Å². The summed E-state index contributed by atoms with van der Waals surface area (Å²) in [6, 6.07) is 5.33. The van der Waals surface area contributed by atoms with Gasteiger partial charge in [0.1, 0.15) is 5.65 Å². The molecule has 0 bridgehead atoms. The molecule has 3 aromatic heterocycles. The van der Waals surface area contributed by atoms with Crippen molar-refractivity contribution in [2.24, 2.45) is 5.73 Å². The first-order valence-electron chi connectivity index (χ1n) is 8.60. The largest absolute Gasteiger partial charge is 0.370 e. The molecule has 2 N–H and O–H groups in total. The second-order valence-corrected chi connectivity index (χ2v) is 6.50. The molecule has 1 aliphatic rings. The summed E-state index contributed by atoms with van der Waals surface area (Å²) in [4.78, 5) is 34.1. The van der Waals surface area contributed by atoms with Crippen LogP contribution in [0.3, 0.4) is 0 Å². The van der Waals surface area contributed by atoms with Crippen molar-refractivity contribution in [1.29, 1.82) is 0 Å². The summed E-state index contributed by atoms with van der Waals surface area (Å²) < 4.78 is 1.79. The van der Waals surface area contributed by atoms with Crippen LogP contribution in [-0.4, -0.2) is 39.7 Å². The number of primary amides is 1. The number of pyridine rings is 2. The number of aromatic nitrogens is 3. The maximum atomic E-state index is 11.9. The number of hydrogen-bond donors (Lipinski definition) is 1. The molecule has 3 aromatic rings. The second-order valence-electron chi connectivity index (χ2n) is 6.50. The lowest BCUT2D eigenvalue weighted by atomic mass is 10.1. The third-order valence-electron chi connectivity index (χ3n) is 4.70. The molecule has 1 amide bonds. The molecule has 7 heteroatoms. The van der Waals surface area contributed by atoms with E-state index in [1.54, 1.807) is 28.9 Å². The van der Waals surface area contributed by atoms with Gasteiger partial charge in [-0.2, -0.15) is 0 Å². The van der Waals surface area contributed by atoms with E-state index in [0.717, 1.165) is 49.2 Å². The average Bonchev–Trinajstić information content (AvgIpc) is 3.30. The van der Waals surface area contributed by atoms with Gasteiger partial charge in [-0.1, -0.05) is 0 Å². The molecular formula is C19H19N5O2. The van der Waals surface area contributed by atoms with Crippen molar-refractivity contribution in [2.45, 2.75) is 19.3 Å². The number of carbonyl (C=O) groups is 2. The predicted molar refractivity (Wildman–Crippen MR) is 97.6 cm³/mol. The van der Waals surface area contributed by atoms with E-state index in [1.165, 1.54) is 0 Å². The number of rotatable bonds is 5. The summed E-state index contributed by atoms with van der Waals surface area (Å²) in [7, 11) is 0. The maximum Gasteiger partial charge on any atom is 0.250 e. The van der Waals surface area contributed by atoms with Crippen molar-refractivity contribution in [2.75, 3.05) is 18.0 Å². The van der Waals surface area contributed by atoms with Crippen LogP contribution in [0.25, 0.3) is 5.65 Å². The molecule has 0 aromatic carbocycles. The molecule has 0 spiro atoms. The van der Waals surface area contributed by atoms with E-state index in [9.17, 15) is 9.59 Å². The molecular weight excluding hydrogens is 330 g/mol. The molecule has 1 aliphatic heterocycles. The first-order valence-corrected chi connectivity index (χ1v) is 8.60. The molecule has 132 valence electrons. The van der Waals surface area contributed by atoms with E-state index in [-0.39, 0.29) is 0 Å². The number of amides is 1. The Morgan fingerprint density at radius 1 is 1.23 bits per heavy atom. The Balaban J connectivity index is 1.66. The van der Waals surface area contributed by atoms with Crippen molar-refractivity contribution in [3.05, 3.63) is 59.3 Å². The number of anilines is 1. The van der Waals surface area contributed by atoms with Crippen LogP contribution in [0.4, 0.5) is 5.69 Å². The number of carbonyl (C=O) groups excluding carboxylic acids is 2. The minimum Gasteiger partial charge on any atom is -0.370 e. The van der Waals surface area contributed by atoms with Gasteiger partial charge in [0.2, 0.25) is 0 Å². The van der Waals surface area contributed by atoms with E-state index in [2.05, 4.69) is 14.9 Å². The first-order chi connectivity index (χ1) is 12.6. The fourth-order valence-electron chi connectivity index (χ4n) is 3.37. The van der Waals surface area contributed by atoms with Gasteiger partial charge in [-0.05, 0) is 31.0 Å². The third-order valence-corrected chi connectivity index (χ3v) is 4.70. The number of nitrogens with zero attached hydrogens (tertiary/aromatic N) is 4. The molecule has 4 rings (SSSR count). The highest BCUT2D eigenvalue weighted by Crippen LogP contribution is 2.23. The highest BCUT2D eigenvalue weighted by molar-refractivity contribution is 5.95. The van der Waals surface area contributed by atoms with Gasteiger partial charge in [-0.15, -0.1) is 0 Å². The van der Waals surface area contributed by atoms with Gasteiger partial charge in [0.15, 0.2) is 6.29 Å². The zero-order valence-corrected chi connectivity index (χ0v) is 14.3. The van der Waals surface area contributed by atoms with Gasteiger partial charge >= 0.3 is 0 Å². The second kappa shape index (κ2) is 6.59. The SMILES string of the molecule is NC(=O)c1cc(N2CCCC2)cnc1Cc1cn2cc(C=O)ccc2n1. The van der Waals surface area contributed by atoms with Crippen molar-refractivity contribution >= 4 is 23.5 Å². The predicted octanol–water partition coefficient (Wildman–Crippen LogP) is 1.83. The normalized spacial score (nSPS) is 14.1.